The van der Waals surface area contributed by atoms with Crippen molar-refractivity contribution in [3.63, 3.8) is 0 Å². The van der Waals surface area contributed by atoms with Gasteiger partial charge in [-0.2, -0.15) is 5.10 Å². The van der Waals surface area contributed by atoms with E-state index in [-0.39, 0.29) is 6.04 Å². The molecule has 0 radical (unpaired) electrons. The molecule has 0 amide bonds. The average Bonchev–Trinajstić information content (AvgIpc) is 3.14. The Morgan fingerprint density at radius 2 is 1.93 bits per heavy atom. The molecule has 1 atom stereocenters. The van der Waals surface area contributed by atoms with E-state index in [9.17, 15) is 0 Å². The summed E-state index contributed by atoms with van der Waals surface area (Å²) >= 11 is 0. The first-order valence-corrected chi connectivity index (χ1v) is 9.67. The molecule has 0 aliphatic carbocycles. The maximum absolute atomic E-state index is 5.40. The van der Waals surface area contributed by atoms with E-state index < -0.39 is 0 Å². The Balaban J connectivity index is 1.95. The second-order valence-corrected chi connectivity index (χ2v) is 7.22. The Hall–Kier alpha value is -2.74. The number of nitrogens with zero attached hydrogens (tertiary/aromatic N) is 5. The van der Waals surface area contributed by atoms with Crippen molar-refractivity contribution < 1.29 is 9.47 Å². The van der Waals surface area contributed by atoms with Gasteiger partial charge in [-0.1, -0.05) is 6.07 Å². The van der Waals surface area contributed by atoms with Crippen molar-refractivity contribution in [3.8, 4) is 11.5 Å². The zero-order valence-corrected chi connectivity index (χ0v) is 18.6. The van der Waals surface area contributed by atoms with Gasteiger partial charge >= 0.3 is 0 Å². The third-order valence-corrected chi connectivity index (χ3v) is 4.94. The monoisotopic (exact) mass is 402 g/mol. The standard InChI is InChI=1S/C21H34N6O2/c1-22-21(23-14-18(25(2)3)17-13-24-27(5)15-17)26(4)11-10-16-8-9-19(28-6)20(12-16)29-7/h8-9,12-13,15,18H,10-11,14H2,1-7H3,(H,22,23). The lowest BCUT2D eigenvalue weighted by Crippen LogP contribution is -2.43. The van der Waals surface area contributed by atoms with Crippen molar-refractivity contribution in [2.24, 2.45) is 12.0 Å². The van der Waals surface area contributed by atoms with Crippen LogP contribution in [0.25, 0.3) is 0 Å². The summed E-state index contributed by atoms with van der Waals surface area (Å²) in [5.41, 5.74) is 2.36. The lowest BCUT2D eigenvalue weighted by atomic mass is 10.1. The number of aromatic nitrogens is 2. The molecule has 8 nitrogen and oxygen atoms in total. The van der Waals surface area contributed by atoms with Crippen LogP contribution in [-0.2, 0) is 13.5 Å². The van der Waals surface area contributed by atoms with Gasteiger partial charge in [0, 0.05) is 46.0 Å². The first kappa shape index (κ1) is 22.5. The van der Waals surface area contributed by atoms with Crippen LogP contribution in [0.2, 0.25) is 0 Å². The Morgan fingerprint density at radius 3 is 2.48 bits per heavy atom. The van der Waals surface area contributed by atoms with Crippen molar-refractivity contribution in [1.29, 1.82) is 0 Å². The molecule has 0 saturated heterocycles. The summed E-state index contributed by atoms with van der Waals surface area (Å²) in [5, 5.41) is 7.78. The lowest BCUT2D eigenvalue weighted by molar-refractivity contribution is 0.295. The fourth-order valence-electron chi connectivity index (χ4n) is 3.22. The van der Waals surface area contributed by atoms with E-state index in [2.05, 4.69) is 51.6 Å². The van der Waals surface area contributed by atoms with Crippen LogP contribution in [0.3, 0.4) is 0 Å². The number of hydrogen-bond acceptors (Lipinski definition) is 5. The van der Waals surface area contributed by atoms with E-state index in [1.165, 1.54) is 11.1 Å². The highest BCUT2D eigenvalue weighted by Crippen LogP contribution is 2.27. The van der Waals surface area contributed by atoms with E-state index in [0.717, 1.165) is 37.0 Å². The third-order valence-electron chi connectivity index (χ3n) is 4.94. The van der Waals surface area contributed by atoms with Gasteiger partial charge in [-0.15, -0.1) is 0 Å². The Bertz CT molecular complexity index is 802. The maximum atomic E-state index is 5.40. The highest BCUT2D eigenvalue weighted by atomic mass is 16.5. The van der Waals surface area contributed by atoms with Crippen LogP contribution in [0.1, 0.15) is 17.2 Å². The Labute approximate surface area is 174 Å². The number of benzene rings is 1. The van der Waals surface area contributed by atoms with E-state index in [0.29, 0.717) is 0 Å². The number of ether oxygens (including phenoxy) is 2. The number of rotatable bonds is 9. The molecule has 2 aromatic rings. The van der Waals surface area contributed by atoms with Crippen LogP contribution in [0.4, 0.5) is 0 Å². The molecule has 0 aliphatic rings. The molecular formula is C21H34N6O2. The summed E-state index contributed by atoms with van der Waals surface area (Å²) in [7, 11) is 13.2. The lowest BCUT2D eigenvalue weighted by Gasteiger charge is -2.27. The minimum Gasteiger partial charge on any atom is -0.493 e. The summed E-state index contributed by atoms with van der Waals surface area (Å²) in [6.07, 6.45) is 4.84. The van der Waals surface area contributed by atoms with Crippen molar-refractivity contribution in [1.82, 2.24) is 24.9 Å². The minimum atomic E-state index is 0.208. The molecule has 1 heterocycles. The van der Waals surface area contributed by atoms with Crippen molar-refractivity contribution in [2.75, 3.05) is 55.5 Å². The van der Waals surface area contributed by atoms with Gasteiger partial charge in [0.15, 0.2) is 17.5 Å². The molecule has 0 spiro atoms. The second-order valence-electron chi connectivity index (χ2n) is 7.22. The summed E-state index contributed by atoms with van der Waals surface area (Å²) in [6.45, 7) is 1.57. The largest absolute Gasteiger partial charge is 0.493 e. The quantitative estimate of drug-likeness (QED) is 0.510. The van der Waals surface area contributed by atoms with Crippen LogP contribution < -0.4 is 14.8 Å². The number of hydrogen-bond donors (Lipinski definition) is 1. The molecule has 2 rings (SSSR count). The predicted molar refractivity (Wildman–Crippen MR) is 117 cm³/mol. The van der Waals surface area contributed by atoms with Gasteiger partial charge < -0.3 is 24.6 Å². The molecule has 8 heteroatoms. The smallest absolute Gasteiger partial charge is 0.193 e. The zero-order chi connectivity index (χ0) is 21.4. The van der Waals surface area contributed by atoms with Crippen LogP contribution in [0.15, 0.2) is 35.6 Å². The van der Waals surface area contributed by atoms with Crippen molar-refractivity contribution in [2.45, 2.75) is 12.5 Å². The highest BCUT2D eigenvalue weighted by molar-refractivity contribution is 5.79. The first-order chi connectivity index (χ1) is 13.9. The van der Waals surface area contributed by atoms with E-state index in [1.54, 1.807) is 14.2 Å². The van der Waals surface area contributed by atoms with Crippen LogP contribution >= 0.6 is 0 Å². The van der Waals surface area contributed by atoms with Gasteiger partial charge in [0.25, 0.3) is 0 Å². The van der Waals surface area contributed by atoms with Gasteiger partial charge in [-0.25, -0.2) is 0 Å². The molecule has 0 fully saturated rings. The molecule has 29 heavy (non-hydrogen) atoms. The highest BCUT2D eigenvalue weighted by Gasteiger charge is 2.17. The summed E-state index contributed by atoms with van der Waals surface area (Å²) in [4.78, 5) is 8.75. The van der Waals surface area contributed by atoms with E-state index >= 15 is 0 Å². The zero-order valence-electron chi connectivity index (χ0n) is 18.6. The number of aliphatic imine (C=N–C) groups is 1. The van der Waals surface area contributed by atoms with Gasteiger partial charge in [-0.05, 0) is 38.2 Å². The predicted octanol–water partition coefficient (Wildman–Crippen LogP) is 1.79. The second kappa shape index (κ2) is 10.7. The van der Waals surface area contributed by atoms with Gasteiger partial charge in [0.1, 0.15) is 0 Å². The van der Waals surface area contributed by atoms with Gasteiger partial charge in [-0.3, -0.25) is 9.67 Å². The maximum Gasteiger partial charge on any atom is 0.193 e. The molecule has 0 bridgehead atoms. The molecule has 1 N–H and O–H groups in total. The van der Waals surface area contributed by atoms with Crippen molar-refractivity contribution in [3.05, 3.63) is 41.7 Å². The van der Waals surface area contributed by atoms with Gasteiger partial charge in [0.2, 0.25) is 0 Å². The molecule has 1 aromatic heterocycles. The summed E-state index contributed by atoms with van der Waals surface area (Å²) < 4.78 is 12.5. The summed E-state index contributed by atoms with van der Waals surface area (Å²) in [5.74, 6) is 2.36. The van der Waals surface area contributed by atoms with E-state index in [1.807, 2.05) is 44.2 Å². The summed E-state index contributed by atoms with van der Waals surface area (Å²) in [6, 6.07) is 6.24. The fourth-order valence-corrected chi connectivity index (χ4v) is 3.22. The van der Waals surface area contributed by atoms with Gasteiger partial charge in [0.05, 0.1) is 26.5 Å². The topological polar surface area (TPSA) is 67.2 Å². The Morgan fingerprint density at radius 1 is 1.21 bits per heavy atom. The first-order valence-electron chi connectivity index (χ1n) is 9.67. The minimum absolute atomic E-state index is 0.208. The number of aryl methyl sites for hydroxylation is 1. The number of methoxy groups -OCH3 is 2. The molecule has 1 aromatic carbocycles. The third kappa shape index (κ3) is 6.12. The fraction of sp³-hybridized carbons (Fsp3) is 0.524. The number of nitrogens with one attached hydrogen (secondary N) is 1. The number of guanidine groups is 1. The van der Waals surface area contributed by atoms with Crippen molar-refractivity contribution >= 4 is 5.96 Å². The van der Waals surface area contributed by atoms with E-state index in [4.69, 9.17) is 9.47 Å². The average molecular weight is 403 g/mol. The molecule has 0 saturated carbocycles. The molecular weight excluding hydrogens is 368 g/mol. The Kier molecular flexibility index (Phi) is 8.33. The SMILES string of the molecule is CN=C(NCC(c1cnn(C)c1)N(C)C)N(C)CCc1ccc(OC)c(OC)c1. The van der Waals surface area contributed by atoms with Crippen LogP contribution in [-0.4, -0.2) is 81.0 Å². The number of likely N-dealkylation sites (N-methyl/N-ethyl adjacent to an activating group) is 2. The normalized spacial score (nSPS) is 12.8. The molecule has 160 valence electrons. The molecule has 0 aliphatic heterocycles. The van der Waals surface area contributed by atoms with Crippen LogP contribution in [0.5, 0.6) is 11.5 Å². The van der Waals surface area contributed by atoms with Crippen LogP contribution in [0, 0.1) is 0 Å². The molecule has 1 unspecified atom stereocenters.